The number of hydrogen-bond donors (Lipinski definition) is 0. The van der Waals surface area contributed by atoms with Crippen molar-refractivity contribution in [3.05, 3.63) is 0 Å². The first-order valence-corrected chi connectivity index (χ1v) is 9.78. The molecule has 1 unspecified atom stereocenters. The standard InChI is InChI=1S/C16H35P/c1-5-8-10-12-14-17(16(4)7-3)15-13-11-9-6-2/h16H,5-15H2,1-4H3. The molecule has 0 nitrogen and oxygen atoms in total. The van der Waals surface area contributed by atoms with Gasteiger partial charge in [-0.1, -0.05) is 66.2 Å². The quantitative estimate of drug-likeness (QED) is 0.279. The lowest BCUT2D eigenvalue weighted by atomic mass is 10.2. The zero-order valence-corrected chi connectivity index (χ0v) is 13.7. The zero-order chi connectivity index (χ0) is 12.9. The van der Waals surface area contributed by atoms with Crippen molar-refractivity contribution in [3.63, 3.8) is 0 Å². The number of hydrogen-bond acceptors (Lipinski definition) is 0. The first-order valence-electron chi connectivity index (χ1n) is 8.00. The molecular formula is C16H35P. The lowest BCUT2D eigenvalue weighted by Crippen LogP contribution is -2.04. The smallest absolute Gasteiger partial charge is 0.0240 e. The Morgan fingerprint density at radius 3 is 1.53 bits per heavy atom. The molecule has 0 heterocycles. The maximum Gasteiger partial charge on any atom is -0.0240 e. The summed E-state index contributed by atoms with van der Waals surface area (Å²) in [4.78, 5) is 0. The maximum atomic E-state index is 2.49. The lowest BCUT2D eigenvalue weighted by Gasteiger charge is -2.24. The van der Waals surface area contributed by atoms with E-state index in [1.165, 1.54) is 57.8 Å². The van der Waals surface area contributed by atoms with E-state index in [1.807, 2.05) is 0 Å². The maximum absolute atomic E-state index is 2.49. The molecule has 0 rings (SSSR count). The molecule has 0 aromatic rings. The Morgan fingerprint density at radius 2 is 1.18 bits per heavy atom. The number of rotatable bonds is 12. The predicted octanol–water partition coefficient (Wildman–Crippen LogP) is 6.43. The molecule has 1 atom stereocenters. The lowest BCUT2D eigenvalue weighted by molar-refractivity contribution is 0.692. The van der Waals surface area contributed by atoms with Gasteiger partial charge in [0, 0.05) is 0 Å². The molecule has 0 saturated heterocycles. The van der Waals surface area contributed by atoms with Gasteiger partial charge in [0.15, 0.2) is 0 Å². The van der Waals surface area contributed by atoms with Crippen LogP contribution < -0.4 is 0 Å². The van der Waals surface area contributed by atoms with Crippen LogP contribution in [0, 0.1) is 0 Å². The van der Waals surface area contributed by atoms with Gasteiger partial charge in [0.05, 0.1) is 0 Å². The van der Waals surface area contributed by atoms with Crippen LogP contribution in [0.3, 0.4) is 0 Å². The van der Waals surface area contributed by atoms with Gasteiger partial charge >= 0.3 is 0 Å². The van der Waals surface area contributed by atoms with Crippen molar-refractivity contribution in [2.45, 2.75) is 91.1 Å². The highest BCUT2D eigenvalue weighted by atomic mass is 31.1. The van der Waals surface area contributed by atoms with E-state index >= 15 is 0 Å². The Hall–Kier alpha value is 0.430. The van der Waals surface area contributed by atoms with E-state index in [2.05, 4.69) is 27.7 Å². The highest BCUT2D eigenvalue weighted by molar-refractivity contribution is 7.58. The summed E-state index contributed by atoms with van der Waals surface area (Å²) in [6.45, 7) is 9.48. The van der Waals surface area contributed by atoms with Crippen LogP contribution in [0.25, 0.3) is 0 Å². The van der Waals surface area contributed by atoms with Crippen molar-refractivity contribution >= 4 is 7.92 Å². The second kappa shape index (κ2) is 12.9. The summed E-state index contributed by atoms with van der Waals surface area (Å²) in [5, 5.41) is 0. The summed E-state index contributed by atoms with van der Waals surface area (Å²) in [6, 6.07) is 0. The predicted molar refractivity (Wildman–Crippen MR) is 84.7 cm³/mol. The third kappa shape index (κ3) is 10.1. The molecule has 0 aromatic carbocycles. The average molecular weight is 258 g/mol. The minimum absolute atomic E-state index is 0.345. The van der Waals surface area contributed by atoms with E-state index in [9.17, 15) is 0 Å². The van der Waals surface area contributed by atoms with Gasteiger partial charge in [0.1, 0.15) is 0 Å². The van der Waals surface area contributed by atoms with Gasteiger partial charge in [-0.05, 0) is 37.2 Å². The summed E-state index contributed by atoms with van der Waals surface area (Å²) in [7, 11) is 0.345. The third-order valence-corrected chi connectivity index (χ3v) is 7.21. The molecule has 104 valence electrons. The second-order valence-electron chi connectivity index (χ2n) is 5.41. The van der Waals surface area contributed by atoms with Crippen LogP contribution in [0.2, 0.25) is 0 Å². The molecule has 0 N–H and O–H groups in total. The van der Waals surface area contributed by atoms with E-state index in [1.54, 1.807) is 12.3 Å². The van der Waals surface area contributed by atoms with Gasteiger partial charge in [-0.2, -0.15) is 0 Å². The van der Waals surface area contributed by atoms with Crippen LogP contribution in [-0.4, -0.2) is 18.0 Å². The van der Waals surface area contributed by atoms with Gasteiger partial charge in [0.25, 0.3) is 0 Å². The van der Waals surface area contributed by atoms with E-state index in [0.717, 1.165) is 5.66 Å². The zero-order valence-electron chi connectivity index (χ0n) is 12.8. The van der Waals surface area contributed by atoms with E-state index < -0.39 is 0 Å². The highest BCUT2D eigenvalue weighted by Gasteiger charge is 2.13. The Bertz CT molecular complexity index is 132. The van der Waals surface area contributed by atoms with Crippen LogP contribution >= 0.6 is 7.92 Å². The molecule has 0 aliphatic heterocycles. The Labute approximate surface area is 112 Å². The van der Waals surface area contributed by atoms with Crippen LogP contribution in [-0.2, 0) is 0 Å². The molecule has 17 heavy (non-hydrogen) atoms. The van der Waals surface area contributed by atoms with E-state index in [4.69, 9.17) is 0 Å². The topological polar surface area (TPSA) is 0 Å². The van der Waals surface area contributed by atoms with Crippen molar-refractivity contribution in [3.8, 4) is 0 Å². The van der Waals surface area contributed by atoms with Crippen molar-refractivity contribution in [2.24, 2.45) is 0 Å². The minimum Gasteiger partial charge on any atom is -0.104 e. The molecule has 0 saturated carbocycles. The van der Waals surface area contributed by atoms with Crippen molar-refractivity contribution in [1.29, 1.82) is 0 Å². The molecule has 0 bridgehead atoms. The molecule has 0 radical (unpaired) electrons. The van der Waals surface area contributed by atoms with Gasteiger partial charge in [-0.25, -0.2) is 0 Å². The van der Waals surface area contributed by atoms with Crippen molar-refractivity contribution in [2.75, 3.05) is 12.3 Å². The van der Waals surface area contributed by atoms with Gasteiger partial charge in [-0.15, -0.1) is 7.92 Å². The van der Waals surface area contributed by atoms with Gasteiger partial charge < -0.3 is 0 Å². The van der Waals surface area contributed by atoms with Crippen molar-refractivity contribution in [1.82, 2.24) is 0 Å². The van der Waals surface area contributed by atoms with Gasteiger partial charge in [0.2, 0.25) is 0 Å². The summed E-state index contributed by atoms with van der Waals surface area (Å²) in [5.74, 6) is 0. The normalized spacial score (nSPS) is 13.2. The van der Waals surface area contributed by atoms with Crippen LogP contribution in [0.15, 0.2) is 0 Å². The molecule has 0 fully saturated rings. The van der Waals surface area contributed by atoms with E-state index in [0.29, 0.717) is 7.92 Å². The van der Waals surface area contributed by atoms with Crippen LogP contribution in [0.4, 0.5) is 0 Å². The molecule has 0 spiro atoms. The largest absolute Gasteiger partial charge is 0.104 e. The fraction of sp³-hybridized carbons (Fsp3) is 1.00. The SMILES string of the molecule is CCCCCCP(CCCCCC)C(C)CC. The molecule has 1 heteroatoms. The Morgan fingerprint density at radius 1 is 0.706 bits per heavy atom. The van der Waals surface area contributed by atoms with E-state index in [-0.39, 0.29) is 0 Å². The van der Waals surface area contributed by atoms with Gasteiger partial charge in [-0.3, -0.25) is 0 Å². The van der Waals surface area contributed by atoms with Crippen molar-refractivity contribution < 1.29 is 0 Å². The average Bonchev–Trinajstić information content (AvgIpc) is 2.36. The summed E-state index contributed by atoms with van der Waals surface area (Å²) < 4.78 is 0. The molecule has 0 aliphatic rings. The Kier molecular flexibility index (Phi) is 13.2. The molecule has 0 amide bonds. The third-order valence-electron chi connectivity index (χ3n) is 3.81. The highest BCUT2D eigenvalue weighted by Crippen LogP contribution is 2.44. The van der Waals surface area contributed by atoms with Crippen LogP contribution in [0.5, 0.6) is 0 Å². The number of unbranched alkanes of at least 4 members (excludes halogenated alkanes) is 6. The molecule has 0 aliphatic carbocycles. The first kappa shape index (κ1) is 17.4. The molecular weight excluding hydrogens is 223 g/mol. The summed E-state index contributed by atoms with van der Waals surface area (Å²) in [6.07, 6.45) is 16.1. The Balaban J connectivity index is 3.72. The fourth-order valence-electron chi connectivity index (χ4n) is 2.29. The minimum atomic E-state index is 0.345. The first-order chi connectivity index (χ1) is 8.26. The summed E-state index contributed by atoms with van der Waals surface area (Å²) in [5.41, 5.74) is 1.01. The molecule has 0 aromatic heterocycles. The monoisotopic (exact) mass is 258 g/mol. The second-order valence-corrected chi connectivity index (χ2v) is 8.37. The van der Waals surface area contributed by atoms with Crippen LogP contribution in [0.1, 0.15) is 85.5 Å². The fourth-order valence-corrected chi connectivity index (χ4v) is 5.18. The summed E-state index contributed by atoms with van der Waals surface area (Å²) >= 11 is 0.